The molecule has 0 aromatic carbocycles. The third-order valence-electron chi connectivity index (χ3n) is 6.86. The van der Waals surface area contributed by atoms with Crippen molar-refractivity contribution in [2.24, 2.45) is 5.92 Å². The van der Waals surface area contributed by atoms with Gasteiger partial charge in [-0.15, -0.1) is 0 Å². The summed E-state index contributed by atoms with van der Waals surface area (Å²) in [5.74, 6) is -1.02. The Morgan fingerprint density at radius 3 is 2.60 bits per heavy atom. The number of hydrogen-bond acceptors (Lipinski definition) is 6. The zero-order valence-electron chi connectivity index (χ0n) is 18.1. The second kappa shape index (κ2) is 7.66. The van der Waals surface area contributed by atoms with Crippen molar-refractivity contribution in [3.05, 3.63) is 23.3 Å². The number of carboxylic acid groups (broad SMARTS) is 1. The first kappa shape index (κ1) is 21.3. The van der Waals surface area contributed by atoms with Gasteiger partial charge in [-0.05, 0) is 45.6 Å². The van der Waals surface area contributed by atoms with Gasteiger partial charge < -0.3 is 29.0 Å². The number of epoxide rings is 2. The molecule has 1 unspecified atom stereocenters. The lowest BCUT2D eigenvalue weighted by molar-refractivity contribution is -0.131. The molecule has 4 rings (SSSR count). The SMILES string of the molecule is COC1[C@H](OC(=O)N2CC(=CC(=O)O)C2)CC[C@]2(CO2)[C@H]1[C@@]1(C)O[C@@H]1CC=C(C)C. The second-order valence-corrected chi connectivity index (χ2v) is 9.30. The number of nitrogens with zero attached hydrogens (tertiary/aromatic N) is 1. The molecule has 30 heavy (non-hydrogen) atoms. The van der Waals surface area contributed by atoms with E-state index in [1.165, 1.54) is 10.5 Å². The smallest absolute Gasteiger partial charge is 0.410 e. The lowest BCUT2D eigenvalue weighted by Crippen LogP contribution is -2.57. The molecule has 0 bridgehead atoms. The molecule has 0 aromatic rings. The van der Waals surface area contributed by atoms with E-state index < -0.39 is 12.1 Å². The Morgan fingerprint density at radius 2 is 2.03 bits per heavy atom. The number of amides is 1. The van der Waals surface area contributed by atoms with Crippen molar-refractivity contribution >= 4 is 12.1 Å². The molecule has 1 N–H and O–H groups in total. The van der Waals surface area contributed by atoms with E-state index in [2.05, 4.69) is 26.8 Å². The highest BCUT2D eigenvalue weighted by Crippen LogP contribution is 2.59. The molecule has 6 atom stereocenters. The summed E-state index contributed by atoms with van der Waals surface area (Å²) in [6.07, 6.45) is 4.61. The number of hydrogen-bond donors (Lipinski definition) is 1. The van der Waals surface area contributed by atoms with Crippen molar-refractivity contribution < 1.29 is 33.6 Å². The summed E-state index contributed by atoms with van der Waals surface area (Å²) in [4.78, 5) is 24.8. The third kappa shape index (κ3) is 3.88. The first-order valence-corrected chi connectivity index (χ1v) is 10.5. The van der Waals surface area contributed by atoms with Crippen LogP contribution in [0.3, 0.4) is 0 Å². The summed E-state index contributed by atoms with van der Waals surface area (Å²) in [5, 5.41) is 8.80. The normalized spacial score (nSPS) is 39.2. The molecular formula is C22H31NO7. The molecule has 1 spiro atoms. The van der Waals surface area contributed by atoms with E-state index >= 15 is 0 Å². The number of likely N-dealkylation sites (tertiary alicyclic amines) is 1. The van der Waals surface area contributed by atoms with Gasteiger partial charge in [-0.2, -0.15) is 0 Å². The molecule has 4 fully saturated rings. The maximum atomic E-state index is 12.6. The average Bonchev–Trinajstić information content (AvgIpc) is 3.55. The topological polar surface area (TPSA) is 101 Å². The molecule has 3 heterocycles. The molecule has 166 valence electrons. The fraction of sp³-hybridized carbons (Fsp3) is 0.727. The fourth-order valence-electron chi connectivity index (χ4n) is 5.11. The Bertz CT molecular complexity index is 774. The molecule has 3 aliphatic heterocycles. The predicted molar refractivity (Wildman–Crippen MR) is 107 cm³/mol. The highest BCUT2D eigenvalue weighted by molar-refractivity contribution is 5.82. The van der Waals surface area contributed by atoms with Crippen LogP contribution in [0.4, 0.5) is 4.79 Å². The van der Waals surface area contributed by atoms with Crippen molar-refractivity contribution in [1.82, 2.24) is 4.90 Å². The van der Waals surface area contributed by atoms with Gasteiger partial charge in [0.25, 0.3) is 0 Å². The van der Waals surface area contributed by atoms with Gasteiger partial charge >= 0.3 is 12.1 Å². The van der Waals surface area contributed by atoms with Crippen LogP contribution < -0.4 is 0 Å². The van der Waals surface area contributed by atoms with Gasteiger partial charge in [0.05, 0.1) is 18.6 Å². The van der Waals surface area contributed by atoms with Crippen LogP contribution in [0, 0.1) is 5.92 Å². The highest BCUT2D eigenvalue weighted by atomic mass is 16.6. The van der Waals surface area contributed by atoms with Crippen LogP contribution in [0.2, 0.25) is 0 Å². The first-order chi connectivity index (χ1) is 14.2. The summed E-state index contributed by atoms with van der Waals surface area (Å²) in [6.45, 7) is 7.52. The Balaban J connectivity index is 1.43. The van der Waals surface area contributed by atoms with Gasteiger partial charge in [-0.1, -0.05) is 11.6 Å². The predicted octanol–water partition coefficient (Wildman–Crippen LogP) is 2.53. The Morgan fingerprint density at radius 1 is 1.33 bits per heavy atom. The number of carbonyl (C=O) groups excluding carboxylic acids is 1. The van der Waals surface area contributed by atoms with Crippen LogP contribution in [-0.4, -0.2) is 78.4 Å². The van der Waals surface area contributed by atoms with Gasteiger partial charge in [0.1, 0.15) is 23.4 Å². The fourth-order valence-corrected chi connectivity index (χ4v) is 5.11. The number of ether oxygens (including phenoxy) is 4. The monoisotopic (exact) mass is 421 g/mol. The zero-order valence-corrected chi connectivity index (χ0v) is 18.1. The van der Waals surface area contributed by atoms with Crippen LogP contribution in [0.5, 0.6) is 0 Å². The summed E-state index contributed by atoms with van der Waals surface area (Å²) in [7, 11) is 1.65. The summed E-state index contributed by atoms with van der Waals surface area (Å²) < 4.78 is 23.8. The van der Waals surface area contributed by atoms with Crippen LogP contribution in [0.25, 0.3) is 0 Å². The van der Waals surface area contributed by atoms with E-state index in [4.69, 9.17) is 24.1 Å². The lowest BCUT2D eigenvalue weighted by atomic mass is 9.68. The number of carboxylic acids is 1. The Hall–Kier alpha value is -1.90. The number of methoxy groups -OCH3 is 1. The minimum absolute atomic E-state index is 0.0176. The number of carbonyl (C=O) groups is 2. The summed E-state index contributed by atoms with van der Waals surface area (Å²) in [5.41, 5.74) is 1.33. The van der Waals surface area contributed by atoms with E-state index in [1.807, 2.05) is 0 Å². The van der Waals surface area contributed by atoms with E-state index in [9.17, 15) is 9.59 Å². The second-order valence-electron chi connectivity index (χ2n) is 9.30. The summed E-state index contributed by atoms with van der Waals surface area (Å²) in [6, 6.07) is 0. The van der Waals surface area contributed by atoms with Gasteiger partial charge in [-0.25, -0.2) is 9.59 Å². The van der Waals surface area contributed by atoms with Crippen LogP contribution in [-0.2, 0) is 23.7 Å². The lowest BCUT2D eigenvalue weighted by Gasteiger charge is -2.43. The molecular weight excluding hydrogens is 390 g/mol. The number of allylic oxidation sites excluding steroid dienone is 1. The minimum Gasteiger partial charge on any atom is -0.478 e. The van der Waals surface area contributed by atoms with E-state index in [-0.39, 0.29) is 48.5 Å². The molecule has 0 radical (unpaired) electrons. The molecule has 0 aromatic heterocycles. The Labute approximate surface area is 176 Å². The van der Waals surface area contributed by atoms with Crippen molar-refractivity contribution in [2.45, 2.75) is 69.5 Å². The highest BCUT2D eigenvalue weighted by Gasteiger charge is 2.72. The quantitative estimate of drug-likeness (QED) is 0.399. The van der Waals surface area contributed by atoms with Crippen molar-refractivity contribution in [2.75, 3.05) is 26.8 Å². The minimum atomic E-state index is -0.998. The van der Waals surface area contributed by atoms with Crippen molar-refractivity contribution in [3.8, 4) is 0 Å². The standard InChI is InChI=1S/C22H31NO7/c1-13(2)5-6-16-21(3,30-16)19-18(27-4)15(7-8-22(19)12-28-22)29-20(26)23-10-14(11-23)9-17(24)25/h5,9,15-16,18-19H,6-8,10-12H2,1-4H3,(H,24,25)/t15-,16-,18?,19-,21+,22+/m1/s1. The van der Waals surface area contributed by atoms with Crippen molar-refractivity contribution in [1.29, 1.82) is 0 Å². The molecule has 3 saturated heterocycles. The number of rotatable bonds is 6. The van der Waals surface area contributed by atoms with E-state index in [0.717, 1.165) is 18.9 Å². The maximum absolute atomic E-state index is 12.6. The maximum Gasteiger partial charge on any atom is 0.410 e. The van der Waals surface area contributed by atoms with Gasteiger partial charge in [0, 0.05) is 26.3 Å². The van der Waals surface area contributed by atoms with Crippen LogP contribution >= 0.6 is 0 Å². The molecule has 1 amide bonds. The zero-order chi connectivity index (χ0) is 21.7. The van der Waals surface area contributed by atoms with Gasteiger partial charge in [0.15, 0.2) is 0 Å². The molecule has 1 saturated carbocycles. The van der Waals surface area contributed by atoms with Gasteiger partial charge in [0.2, 0.25) is 0 Å². The molecule has 8 heteroatoms. The third-order valence-corrected chi connectivity index (χ3v) is 6.86. The van der Waals surface area contributed by atoms with E-state index in [1.54, 1.807) is 7.11 Å². The van der Waals surface area contributed by atoms with Crippen LogP contribution in [0.15, 0.2) is 23.3 Å². The number of aliphatic carboxylic acids is 1. The first-order valence-electron chi connectivity index (χ1n) is 10.5. The van der Waals surface area contributed by atoms with E-state index in [0.29, 0.717) is 18.6 Å². The largest absolute Gasteiger partial charge is 0.478 e. The summed E-state index contributed by atoms with van der Waals surface area (Å²) >= 11 is 0. The molecule has 1 aliphatic carbocycles. The van der Waals surface area contributed by atoms with Gasteiger partial charge in [-0.3, -0.25) is 0 Å². The van der Waals surface area contributed by atoms with Crippen molar-refractivity contribution in [3.63, 3.8) is 0 Å². The Kier molecular flexibility index (Phi) is 5.45. The molecule has 4 aliphatic rings. The van der Waals surface area contributed by atoms with Crippen LogP contribution in [0.1, 0.15) is 40.0 Å². The molecule has 8 nitrogen and oxygen atoms in total. The average molecular weight is 421 g/mol.